The van der Waals surface area contributed by atoms with E-state index in [1.807, 2.05) is 23.5 Å². The number of hydrogen-bond donors (Lipinski definition) is 0. The van der Waals surface area contributed by atoms with Crippen molar-refractivity contribution in [3.63, 3.8) is 0 Å². The lowest BCUT2D eigenvalue weighted by Crippen LogP contribution is -2.45. The maximum Gasteiger partial charge on any atom is 0.132 e. The van der Waals surface area contributed by atoms with Crippen LogP contribution < -0.4 is 4.74 Å². The van der Waals surface area contributed by atoms with Gasteiger partial charge in [-0.05, 0) is 62.6 Å². The highest BCUT2D eigenvalue weighted by Crippen LogP contribution is 2.41. The predicted molar refractivity (Wildman–Crippen MR) is 129 cm³/mol. The van der Waals surface area contributed by atoms with E-state index in [1.165, 1.54) is 44.8 Å². The fraction of sp³-hybridized carbons (Fsp3) is 0.500. The molecule has 1 aliphatic carbocycles. The summed E-state index contributed by atoms with van der Waals surface area (Å²) in [7, 11) is 3.91. The van der Waals surface area contributed by atoms with Crippen LogP contribution in [-0.4, -0.2) is 66.6 Å². The van der Waals surface area contributed by atoms with Crippen molar-refractivity contribution in [1.29, 1.82) is 0 Å². The number of likely N-dealkylation sites (N-methyl/N-ethyl adjacent to an activating group) is 1. The van der Waals surface area contributed by atoms with E-state index in [2.05, 4.69) is 29.0 Å². The number of aromatic nitrogens is 2. The van der Waals surface area contributed by atoms with Crippen molar-refractivity contribution in [3.05, 3.63) is 40.5 Å². The fourth-order valence-electron chi connectivity index (χ4n) is 4.44. The molecule has 0 amide bonds. The van der Waals surface area contributed by atoms with E-state index < -0.39 is 0 Å². The number of hydrogen-bond acceptors (Lipinski definition) is 7. The molecule has 5 nitrogen and oxygen atoms in total. The van der Waals surface area contributed by atoms with Crippen LogP contribution in [0.2, 0.25) is 0 Å². The zero-order valence-electron chi connectivity index (χ0n) is 18.4. The molecular formula is C24H30N4OS2. The molecule has 31 heavy (non-hydrogen) atoms. The van der Waals surface area contributed by atoms with Crippen molar-refractivity contribution in [2.75, 3.05) is 46.9 Å². The van der Waals surface area contributed by atoms with E-state index in [4.69, 9.17) is 14.7 Å². The minimum absolute atomic E-state index is 0.887. The Balaban J connectivity index is 1.44. The molecule has 1 saturated heterocycles. The number of thiophene rings is 1. The summed E-state index contributed by atoms with van der Waals surface area (Å²) in [5, 5.41) is 2.44. The maximum atomic E-state index is 5.33. The lowest BCUT2D eigenvalue weighted by molar-refractivity contribution is 0.155. The number of piperazine rings is 1. The maximum absolute atomic E-state index is 5.33. The number of fused-ring (bicyclic) bond motifs is 3. The van der Waals surface area contributed by atoms with Gasteiger partial charge in [-0.3, -0.25) is 0 Å². The molecule has 0 radical (unpaired) electrons. The average Bonchev–Trinajstić information content (AvgIpc) is 3.18. The second-order valence-corrected chi connectivity index (χ2v) is 10.7. The van der Waals surface area contributed by atoms with Gasteiger partial charge in [-0.1, -0.05) is 11.8 Å². The van der Waals surface area contributed by atoms with Crippen molar-refractivity contribution < 1.29 is 4.74 Å². The monoisotopic (exact) mass is 454 g/mol. The number of benzene rings is 1. The molecule has 1 aliphatic heterocycles. The highest BCUT2D eigenvalue weighted by molar-refractivity contribution is 7.99. The van der Waals surface area contributed by atoms with Gasteiger partial charge >= 0.3 is 0 Å². The van der Waals surface area contributed by atoms with E-state index in [1.54, 1.807) is 18.9 Å². The van der Waals surface area contributed by atoms with Crippen molar-refractivity contribution in [2.24, 2.45) is 0 Å². The first-order chi connectivity index (χ1) is 15.2. The topological polar surface area (TPSA) is 41.5 Å². The molecular weight excluding hydrogens is 424 g/mol. The van der Waals surface area contributed by atoms with Gasteiger partial charge in [0.15, 0.2) is 0 Å². The first kappa shape index (κ1) is 21.2. The zero-order valence-corrected chi connectivity index (χ0v) is 20.0. The number of ether oxygens (including phenoxy) is 1. The van der Waals surface area contributed by atoms with E-state index >= 15 is 0 Å². The minimum Gasteiger partial charge on any atom is -0.497 e. The van der Waals surface area contributed by atoms with Crippen LogP contribution in [-0.2, 0) is 19.3 Å². The van der Waals surface area contributed by atoms with Crippen LogP contribution in [0, 0.1) is 0 Å². The molecule has 5 rings (SSSR count). The highest BCUT2D eigenvalue weighted by atomic mass is 32.2. The van der Waals surface area contributed by atoms with Crippen LogP contribution in [0.4, 0.5) is 0 Å². The molecule has 3 aromatic rings. The van der Waals surface area contributed by atoms with Crippen LogP contribution in [0.1, 0.15) is 29.1 Å². The Morgan fingerprint density at radius 3 is 2.58 bits per heavy atom. The molecule has 164 valence electrons. The van der Waals surface area contributed by atoms with Crippen molar-refractivity contribution in [1.82, 2.24) is 19.8 Å². The molecule has 0 saturated carbocycles. The Bertz CT molecular complexity index is 1040. The molecule has 1 aromatic carbocycles. The first-order valence-electron chi connectivity index (χ1n) is 11.2. The van der Waals surface area contributed by atoms with Crippen LogP contribution in [0.5, 0.6) is 5.75 Å². The number of nitrogens with zero attached hydrogens (tertiary/aromatic N) is 4. The van der Waals surface area contributed by atoms with Gasteiger partial charge in [-0.25, -0.2) is 9.97 Å². The van der Waals surface area contributed by atoms with Gasteiger partial charge in [0.05, 0.1) is 7.11 Å². The third-order valence-electron chi connectivity index (χ3n) is 6.35. The predicted octanol–water partition coefficient (Wildman–Crippen LogP) is 4.52. The quantitative estimate of drug-likeness (QED) is 0.510. The van der Waals surface area contributed by atoms with Gasteiger partial charge in [-0.15, -0.1) is 11.3 Å². The molecule has 3 heterocycles. The zero-order chi connectivity index (χ0) is 21.2. The SMILES string of the molecule is COc1ccc(Sc2nc(CCN3CCN(C)CC3)nc3sc4c(c23)CCCC4)cc1. The number of rotatable bonds is 6. The summed E-state index contributed by atoms with van der Waals surface area (Å²) in [6.07, 6.45) is 5.84. The lowest BCUT2D eigenvalue weighted by Gasteiger charge is -2.32. The Kier molecular flexibility index (Phi) is 6.46. The van der Waals surface area contributed by atoms with E-state index in [-0.39, 0.29) is 0 Å². The molecule has 0 spiro atoms. The second kappa shape index (κ2) is 9.45. The largest absolute Gasteiger partial charge is 0.497 e. The van der Waals surface area contributed by atoms with Gasteiger partial charge < -0.3 is 14.5 Å². The lowest BCUT2D eigenvalue weighted by atomic mass is 9.97. The van der Waals surface area contributed by atoms with Crippen LogP contribution in [0.25, 0.3) is 10.2 Å². The van der Waals surface area contributed by atoms with E-state index in [9.17, 15) is 0 Å². The summed E-state index contributed by atoms with van der Waals surface area (Å²) >= 11 is 3.67. The molecule has 0 N–H and O–H groups in total. The molecule has 0 bridgehead atoms. The van der Waals surface area contributed by atoms with Gasteiger partial charge in [-0.2, -0.15) is 0 Å². The highest BCUT2D eigenvalue weighted by Gasteiger charge is 2.22. The Hall–Kier alpha value is -1.67. The Labute approximate surface area is 192 Å². The van der Waals surface area contributed by atoms with Gasteiger partial charge in [0.1, 0.15) is 21.4 Å². The molecule has 1 fully saturated rings. The third-order valence-corrected chi connectivity index (χ3v) is 8.53. The summed E-state index contributed by atoms with van der Waals surface area (Å²) in [5.41, 5.74) is 1.51. The summed E-state index contributed by atoms with van der Waals surface area (Å²) in [6, 6.07) is 8.30. The molecule has 0 unspecified atom stereocenters. The average molecular weight is 455 g/mol. The van der Waals surface area contributed by atoms with Gasteiger partial charge in [0.2, 0.25) is 0 Å². The standard InChI is InChI=1S/C24H30N4OS2/c1-27-13-15-28(16-14-27)12-11-21-25-23(30-18-9-7-17(29-2)8-10-18)22-19-5-3-4-6-20(19)31-24(22)26-21/h7-10H,3-6,11-16H2,1-2H3. The van der Waals surface area contributed by atoms with Crippen LogP contribution >= 0.6 is 23.1 Å². The molecule has 2 aliphatic rings. The number of aryl methyl sites for hydroxylation is 2. The Morgan fingerprint density at radius 1 is 1.03 bits per heavy atom. The number of methoxy groups -OCH3 is 1. The summed E-state index contributed by atoms with van der Waals surface area (Å²) in [5.74, 6) is 1.87. The normalized spacial score (nSPS) is 17.7. The van der Waals surface area contributed by atoms with Crippen molar-refractivity contribution in [2.45, 2.75) is 42.0 Å². The van der Waals surface area contributed by atoms with E-state index in [0.29, 0.717) is 0 Å². The van der Waals surface area contributed by atoms with E-state index in [0.717, 1.165) is 62.2 Å². The first-order valence-corrected chi connectivity index (χ1v) is 12.9. The van der Waals surface area contributed by atoms with Crippen molar-refractivity contribution in [3.8, 4) is 5.75 Å². The Morgan fingerprint density at radius 2 is 1.81 bits per heavy atom. The second-order valence-electron chi connectivity index (χ2n) is 8.51. The van der Waals surface area contributed by atoms with Gasteiger partial charge in [0.25, 0.3) is 0 Å². The summed E-state index contributed by atoms with van der Waals surface area (Å²) in [4.78, 5) is 19.0. The van der Waals surface area contributed by atoms with Crippen LogP contribution in [0.3, 0.4) is 0 Å². The summed E-state index contributed by atoms with van der Waals surface area (Å²) in [6.45, 7) is 5.61. The van der Waals surface area contributed by atoms with Crippen molar-refractivity contribution >= 4 is 33.3 Å². The summed E-state index contributed by atoms with van der Waals surface area (Å²) < 4.78 is 5.33. The fourth-order valence-corrected chi connectivity index (χ4v) is 6.75. The molecule has 7 heteroatoms. The van der Waals surface area contributed by atoms with Gasteiger partial charge in [0, 0.05) is 54.3 Å². The third kappa shape index (κ3) is 4.75. The minimum atomic E-state index is 0.887. The smallest absolute Gasteiger partial charge is 0.132 e. The molecule has 2 aromatic heterocycles. The van der Waals surface area contributed by atoms with Crippen LogP contribution in [0.15, 0.2) is 34.2 Å². The molecule has 0 atom stereocenters.